The molecule has 0 bridgehead atoms. The van der Waals surface area contributed by atoms with E-state index in [9.17, 15) is 9.90 Å². The molecule has 1 aromatic rings. The smallest absolute Gasteiger partial charge is 0.508 e. The first-order chi connectivity index (χ1) is 13.4. The van der Waals surface area contributed by atoms with Crippen LogP contribution in [0.1, 0.15) is 76.3 Å². The van der Waals surface area contributed by atoms with Crippen molar-refractivity contribution in [3.05, 3.63) is 29.3 Å². The molecule has 3 aliphatic rings. The monoisotopic (exact) mass is 386 g/mol. The molecule has 0 aromatic heterocycles. The molecule has 4 nitrogen and oxygen atoms in total. The molecule has 0 heterocycles. The van der Waals surface area contributed by atoms with Crippen molar-refractivity contribution in [2.75, 3.05) is 6.61 Å². The van der Waals surface area contributed by atoms with Gasteiger partial charge >= 0.3 is 6.16 Å². The molecule has 1 N–H and O–H groups in total. The molecule has 0 aliphatic heterocycles. The number of carbonyl (C=O) groups excluding carboxylic acids is 1. The lowest BCUT2D eigenvalue weighted by atomic mass is 9.53. The number of unbranched alkanes of at least 4 members (excludes halogenated alkanes) is 1. The highest BCUT2D eigenvalue weighted by Gasteiger charge is 2.57. The predicted octanol–water partition coefficient (Wildman–Crippen LogP) is 5.82. The third-order valence-corrected chi connectivity index (χ3v) is 7.93. The maximum atomic E-state index is 12.2. The third-order valence-electron chi connectivity index (χ3n) is 7.93. The van der Waals surface area contributed by atoms with Gasteiger partial charge in [-0.15, -0.1) is 0 Å². The molecule has 0 saturated heterocycles. The summed E-state index contributed by atoms with van der Waals surface area (Å²) in [5.74, 6) is 2.73. The van der Waals surface area contributed by atoms with Gasteiger partial charge in [-0.1, -0.05) is 33.3 Å². The lowest BCUT2D eigenvalue weighted by molar-refractivity contribution is -0.0617. The largest absolute Gasteiger partial charge is 0.508 e. The van der Waals surface area contributed by atoms with Gasteiger partial charge in [-0.2, -0.15) is 0 Å². The van der Waals surface area contributed by atoms with Crippen LogP contribution in [0.2, 0.25) is 0 Å². The molecule has 2 fully saturated rings. The Kier molecular flexibility index (Phi) is 5.32. The predicted molar refractivity (Wildman–Crippen MR) is 108 cm³/mol. The molecule has 4 heteroatoms. The van der Waals surface area contributed by atoms with Crippen LogP contribution in [-0.4, -0.2) is 24.0 Å². The number of hydrogen-bond acceptors (Lipinski definition) is 4. The van der Waals surface area contributed by atoms with Crippen molar-refractivity contribution in [1.82, 2.24) is 0 Å². The van der Waals surface area contributed by atoms with E-state index in [1.165, 1.54) is 11.1 Å². The minimum absolute atomic E-state index is 0.0269. The van der Waals surface area contributed by atoms with Gasteiger partial charge in [0.25, 0.3) is 0 Å². The van der Waals surface area contributed by atoms with E-state index in [1.807, 2.05) is 12.1 Å². The van der Waals surface area contributed by atoms with Crippen LogP contribution >= 0.6 is 0 Å². The van der Waals surface area contributed by atoms with E-state index in [4.69, 9.17) is 9.47 Å². The Labute approximate surface area is 168 Å². The number of phenols is 1. The maximum absolute atomic E-state index is 12.2. The zero-order valence-corrected chi connectivity index (χ0v) is 17.4. The van der Waals surface area contributed by atoms with Crippen LogP contribution < -0.4 is 0 Å². The first-order valence-electron chi connectivity index (χ1n) is 11.1. The fraction of sp³-hybridized carbons (Fsp3) is 0.708. The summed E-state index contributed by atoms with van der Waals surface area (Å²) >= 11 is 0. The van der Waals surface area contributed by atoms with Crippen LogP contribution in [0.15, 0.2) is 18.2 Å². The van der Waals surface area contributed by atoms with E-state index in [2.05, 4.69) is 26.8 Å². The second kappa shape index (κ2) is 7.61. The SMILES string of the molecule is CCCCOC(=O)OC1CCC2C3C(C)Cc4cc(O)ccc4C3CCC12C. The normalized spacial score (nSPS) is 36.2. The molecule has 2 saturated carbocycles. The van der Waals surface area contributed by atoms with E-state index in [1.54, 1.807) is 0 Å². The van der Waals surface area contributed by atoms with E-state index in [0.717, 1.165) is 44.9 Å². The lowest BCUT2D eigenvalue weighted by Gasteiger charge is -2.52. The highest BCUT2D eigenvalue weighted by Crippen LogP contribution is 2.62. The highest BCUT2D eigenvalue weighted by atomic mass is 16.7. The van der Waals surface area contributed by atoms with E-state index in [0.29, 0.717) is 36.0 Å². The number of aromatic hydroxyl groups is 1. The Hall–Kier alpha value is -1.71. The average molecular weight is 387 g/mol. The van der Waals surface area contributed by atoms with E-state index >= 15 is 0 Å². The lowest BCUT2D eigenvalue weighted by Crippen LogP contribution is -2.47. The molecular weight excluding hydrogens is 352 g/mol. The van der Waals surface area contributed by atoms with Gasteiger partial charge in [-0.05, 0) is 85.5 Å². The van der Waals surface area contributed by atoms with Crippen LogP contribution in [0.5, 0.6) is 5.75 Å². The molecule has 154 valence electrons. The molecule has 3 aliphatic carbocycles. The molecule has 0 radical (unpaired) electrons. The van der Waals surface area contributed by atoms with Gasteiger partial charge < -0.3 is 14.6 Å². The quantitative estimate of drug-likeness (QED) is 0.523. The van der Waals surface area contributed by atoms with Gasteiger partial charge in [-0.25, -0.2) is 4.79 Å². The summed E-state index contributed by atoms with van der Waals surface area (Å²) in [7, 11) is 0. The fourth-order valence-electron chi connectivity index (χ4n) is 6.56. The van der Waals surface area contributed by atoms with Crippen molar-refractivity contribution in [3.8, 4) is 5.75 Å². The topological polar surface area (TPSA) is 55.8 Å². The first kappa shape index (κ1) is 19.6. The second-order valence-corrected chi connectivity index (χ2v) is 9.54. The van der Waals surface area contributed by atoms with Gasteiger partial charge in [-0.3, -0.25) is 0 Å². The van der Waals surface area contributed by atoms with Crippen molar-refractivity contribution >= 4 is 6.16 Å². The molecule has 6 unspecified atom stereocenters. The fourth-order valence-corrected chi connectivity index (χ4v) is 6.56. The second-order valence-electron chi connectivity index (χ2n) is 9.54. The summed E-state index contributed by atoms with van der Waals surface area (Å²) in [4.78, 5) is 12.2. The number of rotatable bonds is 4. The number of phenolic OH excluding ortho intramolecular Hbond substituents is 1. The Morgan fingerprint density at radius 2 is 2.11 bits per heavy atom. The summed E-state index contributed by atoms with van der Waals surface area (Å²) in [5.41, 5.74) is 2.81. The molecule has 0 spiro atoms. The van der Waals surface area contributed by atoms with Crippen molar-refractivity contribution < 1.29 is 19.4 Å². The Morgan fingerprint density at radius 1 is 1.29 bits per heavy atom. The van der Waals surface area contributed by atoms with Crippen molar-refractivity contribution in [1.29, 1.82) is 0 Å². The summed E-state index contributed by atoms with van der Waals surface area (Å²) in [6.45, 7) is 7.24. The minimum atomic E-state index is -0.486. The molecule has 6 atom stereocenters. The Morgan fingerprint density at radius 3 is 2.89 bits per heavy atom. The van der Waals surface area contributed by atoms with Crippen LogP contribution in [0.25, 0.3) is 0 Å². The Bertz CT molecular complexity index is 729. The third kappa shape index (κ3) is 3.29. The summed E-state index contributed by atoms with van der Waals surface area (Å²) in [5, 5.41) is 9.90. The van der Waals surface area contributed by atoms with Gasteiger partial charge in [0.1, 0.15) is 11.9 Å². The van der Waals surface area contributed by atoms with Crippen molar-refractivity contribution in [2.45, 2.75) is 77.7 Å². The van der Waals surface area contributed by atoms with Gasteiger partial charge in [0, 0.05) is 5.41 Å². The van der Waals surface area contributed by atoms with E-state index < -0.39 is 6.16 Å². The summed E-state index contributed by atoms with van der Waals surface area (Å²) in [6, 6.07) is 5.94. The standard InChI is InChI=1S/C24H34O4/c1-4-5-12-27-23(26)28-21-9-8-20-22-15(2)13-16-14-17(25)6-7-18(16)19(22)10-11-24(20,21)3/h6-7,14-15,19-22,25H,4-5,8-13H2,1-3H3. The van der Waals surface area contributed by atoms with Crippen molar-refractivity contribution in [3.63, 3.8) is 0 Å². The maximum Gasteiger partial charge on any atom is 0.508 e. The van der Waals surface area contributed by atoms with Gasteiger partial charge in [0.05, 0.1) is 6.61 Å². The molecule has 1 aromatic carbocycles. The van der Waals surface area contributed by atoms with Gasteiger partial charge in [0.15, 0.2) is 0 Å². The molecule has 0 amide bonds. The number of fused-ring (bicyclic) bond motifs is 5. The highest BCUT2D eigenvalue weighted by molar-refractivity contribution is 5.60. The van der Waals surface area contributed by atoms with Crippen LogP contribution in [0, 0.1) is 23.2 Å². The van der Waals surface area contributed by atoms with Crippen molar-refractivity contribution in [2.24, 2.45) is 23.2 Å². The molecular formula is C24H34O4. The van der Waals surface area contributed by atoms with Crippen LogP contribution in [-0.2, 0) is 15.9 Å². The number of ether oxygens (including phenoxy) is 2. The molecule has 28 heavy (non-hydrogen) atoms. The summed E-state index contributed by atoms with van der Waals surface area (Å²) < 4.78 is 11.1. The summed E-state index contributed by atoms with van der Waals surface area (Å²) in [6.07, 6.45) is 6.70. The zero-order chi connectivity index (χ0) is 19.9. The van der Waals surface area contributed by atoms with Crippen LogP contribution in [0.3, 0.4) is 0 Å². The van der Waals surface area contributed by atoms with E-state index in [-0.39, 0.29) is 11.5 Å². The number of carbonyl (C=O) groups is 1. The number of benzene rings is 1. The van der Waals surface area contributed by atoms with Gasteiger partial charge in [0.2, 0.25) is 0 Å². The number of hydrogen-bond donors (Lipinski definition) is 1. The van der Waals surface area contributed by atoms with Crippen LogP contribution in [0.4, 0.5) is 4.79 Å². The first-order valence-corrected chi connectivity index (χ1v) is 11.1. The average Bonchev–Trinajstić information content (AvgIpc) is 2.98. The zero-order valence-electron chi connectivity index (χ0n) is 17.4. The molecule has 4 rings (SSSR count). The Balaban J connectivity index is 1.51. The minimum Gasteiger partial charge on any atom is -0.508 e.